The minimum Gasteiger partial charge on any atom is -0.486 e. The second-order valence-electron chi connectivity index (χ2n) is 15.5. The Kier molecular flexibility index (Phi) is 15.9. The van der Waals surface area contributed by atoms with Gasteiger partial charge in [0.05, 0.1) is 56.5 Å². The molecule has 0 bridgehead atoms. The SMILES string of the molecule is O=C(O)Cc1ccc(N2C(=O)c3c(c(OCC(F)F)c4ccccc4c3OCC(F)F)C2=O)c(Cl)c1.O=C(O)Cc1ccc(N2C(=O)c3c(c(OCC(F)F)c4ccccc4c3OCC(F)F)C2O)c(Cl)c1. The van der Waals surface area contributed by atoms with E-state index >= 15 is 0 Å². The number of carbonyl (C=O) groups is 5. The fraction of sp³-hybridized carbons (Fsp3) is 0.229. The van der Waals surface area contributed by atoms with Gasteiger partial charge in [0, 0.05) is 21.5 Å². The number of fused-ring (bicyclic) bond motifs is 4. The molecule has 0 spiro atoms. The topological polar surface area (TPSA) is 189 Å². The minimum atomic E-state index is -2.91. The summed E-state index contributed by atoms with van der Waals surface area (Å²) in [6.45, 7) is -4.32. The average Bonchev–Trinajstić information content (AvgIpc) is 3.72. The highest BCUT2D eigenvalue weighted by molar-refractivity contribution is 6.42. The molecule has 2 aliphatic rings. The Morgan fingerprint density at radius 2 is 0.861 bits per heavy atom. The van der Waals surface area contributed by atoms with Crippen LogP contribution in [-0.4, -0.2) is 97.1 Å². The van der Waals surface area contributed by atoms with Gasteiger partial charge in [-0.15, -0.1) is 0 Å². The van der Waals surface area contributed by atoms with Gasteiger partial charge < -0.3 is 34.3 Å². The molecule has 6 aromatic rings. The molecule has 0 saturated carbocycles. The largest absolute Gasteiger partial charge is 0.486 e. The summed E-state index contributed by atoms with van der Waals surface area (Å²) in [7, 11) is 0. The van der Waals surface area contributed by atoms with Gasteiger partial charge in [0.1, 0.15) is 49.4 Å². The summed E-state index contributed by atoms with van der Waals surface area (Å²) in [4.78, 5) is 64.0. The third kappa shape index (κ3) is 10.7. The molecule has 0 saturated heterocycles. The van der Waals surface area contributed by atoms with Crippen LogP contribution >= 0.6 is 23.2 Å². The lowest BCUT2D eigenvalue weighted by atomic mass is 9.98. The van der Waals surface area contributed by atoms with Gasteiger partial charge >= 0.3 is 11.9 Å². The molecule has 1 atom stereocenters. The number of halogens is 10. The summed E-state index contributed by atoms with van der Waals surface area (Å²) in [6, 6.07) is 19.7. The van der Waals surface area contributed by atoms with Gasteiger partial charge in [-0.05, 0) is 35.4 Å². The number of aliphatic hydroxyl groups is 1. The van der Waals surface area contributed by atoms with E-state index in [1.807, 2.05) is 0 Å². The molecule has 0 radical (unpaired) electrons. The van der Waals surface area contributed by atoms with E-state index in [1.54, 1.807) is 6.07 Å². The summed E-state index contributed by atoms with van der Waals surface area (Å²) in [5, 5.41) is 29.5. The number of anilines is 2. The first kappa shape index (κ1) is 52.4. The Labute approximate surface area is 410 Å². The molecular weight excluding hydrogens is 1020 g/mol. The van der Waals surface area contributed by atoms with Crippen molar-refractivity contribution in [2.75, 3.05) is 36.2 Å². The normalized spacial score (nSPS) is 14.2. The zero-order chi connectivity index (χ0) is 52.3. The molecular formula is C48H34Cl2F8N2O12. The van der Waals surface area contributed by atoms with Crippen LogP contribution in [0.1, 0.15) is 54.0 Å². The first-order valence-electron chi connectivity index (χ1n) is 20.9. The first-order chi connectivity index (χ1) is 34.2. The van der Waals surface area contributed by atoms with Crippen molar-refractivity contribution in [3.63, 3.8) is 0 Å². The van der Waals surface area contributed by atoms with Crippen LogP contribution in [0.5, 0.6) is 23.0 Å². The van der Waals surface area contributed by atoms with Gasteiger partial charge in [-0.25, -0.2) is 40.0 Å². The number of aliphatic hydroxyl groups excluding tert-OH is 1. The van der Waals surface area contributed by atoms with E-state index in [2.05, 4.69) is 0 Å². The van der Waals surface area contributed by atoms with Gasteiger partial charge in [0.25, 0.3) is 43.4 Å². The number of rotatable bonds is 18. The molecule has 14 nitrogen and oxygen atoms in total. The summed E-state index contributed by atoms with van der Waals surface area (Å²) >= 11 is 12.6. The predicted molar refractivity (Wildman–Crippen MR) is 242 cm³/mol. The highest BCUT2D eigenvalue weighted by atomic mass is 35.5. The number of carboxylic acid groups (broad SMARTS) is 2. The molecule has 3 N–H and O–H groups in total. The molecule has 72 heavy (non-hydrogen) atoms. The minimum absolute atomic E-state index is 0.0248. The van der Waals surface area contributed by atoms with Crippen LogP contribution in [0.25, 0.3) is 21.5 Å². The van der Waals surface area contributed by atoms with Gasteiger partial charge in [-0.2, -0.15) is 0 Å². The van der Waals surface area contributed by atoms with Crippen molar-refractivity contribution in [3.05, 3.63) is 128 Å². The van der Waals surface area contributed by atoms with E-state index in [9.17, 15) is 64.2 Å². The third-order valence-corrected chi connectivity index (χ3v) is 11.3. The number of hydrogen-bond donors (Lipinski definition) is 3. The van der Waals surface area contributed by atoms with E-state index in [1.165, 1.54) is 78.9 Å². The van der Waals surface area contributed by atoms with Gasteiger partial charge in [0.2, 0.25) is 0 Å². The number of carboxylic acids is 2. The van der Waals surface area contributed by atoms with E-state index in [0.29, 0.717) is 16.0 Å². The maximum Gasteiger partial charge on any atom is 0.307 e. The number of aliphatic carboxylic acids is 2. The number of carbonyl (C=O) groups excluding carboxylic acids is 3. The van der Waals surface area contributed by atoms with E-state index in [-0.39, 0.29) is 89.9 Å². The van der Waals surface area contributed by atoms with Crippen molar-refractivity contribution in [3.8, 4) is 23.0 Å². The lowest BCUT2D eigenvalue weighted by molar-refractivity contribution is -0.137. The molecule has 0 aromatic heterocycles. The van der Waals surface area contributed by atoms with Crippen molar-refractivity contribution >= 4 is 85.8 Å². The van der Waals surface area contributed by atoms with E-state index in [4.69, 9.17) is 52.4 Å². The predicted octanol–water partition coefficient (Wildman–Crippen LogP) is 10.3. The van der Waals surface area contributed by atoms with Crippen molar-refractivity contribution in [1.29, 1.82) is 0 Å². The molecule has 2 heterocycles. The fourth-order valence-corrected chi connectivity index (χ4v) is 8.59. The summed E-state index contributed by atoms with van der Waals surface area (Å²) < 4.78 is 125. The number of imide groups is 1. The molecule has 1 unspecified atom stereocenters. The Bertz CT molecular complexity index is 3060. The molecule has 0 fully saturated rings. The third-order valence-electron chi connectivity index (χ3n) is 10.7. The Morgan fingerprint density at radius 3 is 1.22 bits per heavy atom. The highest BCUT2D eigenvalue weighted by Crippen LogP contribution is 2.52. The van der Waals surface area contributed by atoms with Crippen LogP contribution in [0.15, 0.2) is 84.9 Å². The lowest BCUT2D eigenvalue weighted by Crippen LogP contribution is -2.30. The van der Waals surface area contributed by atoms with Crippen LogP contribution in [0.2, 0.25) is 10.0 Å². The molecule has 8 rings (SSSR count). The number of alkyl halides is 8. The Balaban J connectivity index is 0.000000211. The maximum atomic E-state index is 13.6. The number of nitrogens with zero attached hydrogens (tertiary/aromatic N) is 2. The standard InChI is InChI=1S/C24H18ClF4NO6.C24H16ClF4NO6/c2*25-14-7-11(8-18(31)32)5-6-15(14)30-23(33)19-20(24(30)34)22(36-10-17(28)29)13-4-2-1-3-12(13)21(19)35-9-16(26)27/h1-7,16-17,23,33H,8-10H2,(H,31,32);1-7,16-17H,8-10H2,(H,31,32). The fourth-order valence-electron chi connectivity index (χ4n) is 8.01. The second kappa shape index (κ2) is 21.9. The Hall–Kier alpha value is -7.43. The quantitative estimate of drug-likeness (QED) is 0.0547. The molecule has 3 amide bonds. The van der Waals surface area contributed by atoms with E-state index < -0.39 is 99.1 Å². The zero-order valence-electron chi connectivity index (χ0n) is 36.4. The molecule has 0 aliphatic carbocycles. The monoisotopic (exact) mass is 1050 g/mol. The first-order valence-corrected chi connectivity index (χ1v) is 21.7. The van der Waals surface area contributed by atoms with Crippen molar-refractivity contribution in [1.82, 2.24) is 0 Å². The molecule has 24 heteroatoms. The Morgan fingerprint density at radius 1 is 0.514 bits per heavy atom. The number of hydrogen-bond acceptors (Lipinski definition) is 10. The van der Waals surface area contributed by atoms with Crippen molar-refractivity contribution in [2.24, 2.45) is 0 Å². The summed E-state index contributed by atoms with van der Waals surface area (Å²) in [5.74, 6) is -6.30. The van der Waals surface area contributed by atoms with Gasteiger partial charge in [-0.1, -0.05) is 83.9 Å². The number of amides is 3. The van der Waals surface area contributed by atoms with Crippen LogP contribution in [-0.2, 0) is 22.4 Å². The van der Waals surface area contributed by atoms with Crippen LogP contribution < -0.4 is 28.7 Å². The summed E-state index contributed by atoms with van der Waals surface area (Å²) in [5.41, 5.74) is -0.985. The highest BCUT2D eigenvalue weighted by Gasteiger charge is 2.46. The van der Waals surface area contributed by atoms with Crippen molar-refractivity contribution < 1.29 is 93.4 Å². The second-order valence-corrected chi connectivity index (χ2v) is 16.3. The smallest absolute Gasteiger partial charge is 0.307 e. The molecule has 6 aromatic carbocycles. The van der Waals surface area contributed by atoms with Crippen LogP contribution in [0, 0.1) is 0 Å². The van der Waals surface area contributed by atoms with Crippen molar-refractivity contribution in [2.45, 2.75) is 44.8 Å². The number of benzene rings is 6. The summed E-state index contributed by atoms with van der Waals surface area (Å²) in [6.07, 6.45) is -14.1. The van der Waals surface area contributed by atoms with Crippen LogP contribution in [0.3, 0.4) is 0 Å². The average molecular weight is 1050 g/mol. The maximum absolute atomic E-state index is 13.6. The van der Waals surface area contributed by atoms with Crippen LogP contribution in [0.4, 0.5) is 46.5 Å². The number of ether oxygens (including phenoxy) is 4. The molecule has 2 aliphatic heterocycles. The van der Waals surface area contributed by atoms with Gasteiger partial charge in [0.15, 0.2) is 6.23 Å². The van der Waals surface area contributed by atoms with Gasteiger partial charge in [-0.3, -0.25) is 28.9 Å². The zero-order valence-corrected chi connectivity index (χ0v) is 37.9. The molecule has 378 valence electrons. The lowest BCUT2D eigenvalue weighted by Gasteiger charge is -2.23. The van der Waals surface area contributed by atoms with E-state index in [0.717, 1.165) is 4.90 Å².